The Bertz CT molecular complexity index is 1320. The van der Waals surface area contributed by atoms with Crippen LogP contribution in [0.15, 0.2) is 55.2 Å². The van der Waals surface area contributed by atoms with Crippen molar-refractivity contribution in [1.29, 1.82) is 0 Å². The van der Waals surface area contributed by atoms with Crippen LogP contribution in [0, 0.1) is 5.92 Å². The summed E-state index contributed by atoms with van der Waals surface area (Å²) in [5.74, 6) is -0.827. The van der Waals surface area contributed by atoms with Crippen molar-refractivity contribution >= 4 is 17.9 Å². The van der Waals surface area contributed by atoms with Gasteiger partial charge in [-0.3, -0.25) is 9.59 Å². The predicted octanol–water partition coefficient (Wildman–Crippen LogP) is 3.57. The Morgan fingerprint density at radius 1 is 1.11 bits per heavy atom. The maximum absolute atomic E-state index is 14.9. The molecule has 1 aromatic carbocycles. The summed E-state index contributed by atoms with van der Waals surface area (Å²) in [5.41, 5.74) is 6.61. The molecule has 0 spiro atoms. The summed E-state index contributed by atoms with van der Waals surface area (Å²) in [5, 5.41) is 14.6. The molecule has 3 aromatic rings. The number of imidazole rings is 2. The zero-order chi connectivity index (χ0) is 31.7. The fraction of sp³-hybridized carbons (Fsp3) is 0.531. The predicted molar refractivity (Wildman–Crippen MR) is 164 cm³/mol. The molecule has 12 heteroatoms. The number of hydrogen-bond donors (Lipinski definition) is 5. The van der Waals surface area contributed by atoms with E-state index in [0.717, 1.165) is 37.7 Å². The van der Waals surface area contributed by atoms with Gasteiger partial charge in [-0.2, -0.15) is 0 Å². The Labute approximate surface area is 258 Å². The Morgan fingerprint density at radius 2 is 1.84 bits per heavy atom. The van der Waals surface area contributed by atoms with Gasteiger partial charge in [0, 0.05) is 37.1 Å². The maximum Gasteiger partial charge on any atom is 0.408 e. The third-order valence-electron chi connectivity index (χ3n) is 7.98. The monoisotopic (exact) mass is 607 g/mol. The summed E-state index contributed by atoms with van der Waals surface area (Å²) in [7, 11) is 0. The van der Waals surface area contributed by atoms with Crippen molar-refractivity contribution in [2.24, 2.45) is 11.7 Å². The second kappa shape index (κ2) is 15.0. The van der Waals surface area contributed by atoms with Crippen molar-refractivity contribution in [2.45, 2.75) is 102 Å². The van der Waals surface area contributed by atoms with Gasteiger partial charge in [0.1, 0.15) is 29.6 Å². The van der Waals surface area contributed by atoms with Crippen LogP contribution >= 0.6 is 0 Å². The van der Waals surface area contributed by atoms with Gasteiger partial charge in [-0.25, -0.2) is 14.8 Å². The van der Waals surface area contributed by atoms with Gasteiger partial charge in [0.25, 0.3) is 0 Å². The van der Waals surface area contributed by atoms with Crippen LogP contribution in [0.3, 0.4) is 0 Å². The van der Waals surface area contributed by atoms with E-state index in [-0.39, 0.29) is 24.6 Å². The first kappa shape index (κ1) is 32.7. The Kier molecular flexibility index (Phi) is 11.2. The lowest BCUT2D eigenvalue weighted by atomic mass is 9.82. The number of nitrogens with zero attached hydrogens (tertiary/aromatic N) is 3. The summed E-state index contributed by atoms with van der Waals surface area (Å²) < 4.78 is 5.53. The maximum atomic E-state index is 14.9. The second-order valence-electron chi connectivity index (χ2n) is 12.6. The van der Waals surface area contributed by atoms with Crippen LogP contribution in [0.5, 0.6) is 0 Å². The number of primary amides is 1. The molecular weight excluding hydrogens is 562 g/mol. The first-order valence-electron chi connectivity index (χ1n) is 15.3. The van der Waals surface area contributed by atoms with Crippen molar-refractivity contribution in [3.8, 4) is 0 Å². The van der Waals surface area contributed by atoms with Crippen molar-refractivity contribution < 1.29 is 24.2 Å². The van der Waals surface area contributed by atoms with Crippen LogP contribution in [0.2, 0.25) is 0 Å². The fourth-order valence-corrected chi connectivity index (χ4v) is 5.95. The largest absolute Gasteiger partial charge is 0.444 e. The minimum atomic E-state index is -1.25. The molecule has 1 aliphatic carbocycles. The molecule has 0 radical (unpaired) electrons. The molecule has 3 amide bonds. The highest BCUT2D eigenvalue weighted by Crippen LogP contribution is 2.34. The van der Waals surface area contributed by atoms with Gasteiger partial charge in [0.2, 0.25) is 11.8 Å². The minimum Gasteiger partial charge on any atom is -0.444 e. The van der Waals surface area contributed by atoms with Crippen LogP contribution < -0.4 is 11.1 Å². The number of nitrogens with one attached hydrogen (secondary N) is 3. The average Bonchev–Trinajstić information content (AvgIpc) is 3.70. The van der Waals surface area contributed by atoms with E-state index in [1.54, 1.807) is 33.2 Å². The van der Waals surface area contributed by atoms with E-state index in [4.69, 9.17) is 10.5 Å². The number of rotatable bonds is 13. The van der Waals surface area contributed by atoms with Crippen LogP contribution in [0.25, 0.3) is 0 Å². The number of aliphatic hydroxyl groups excluding tert-OH is 1. The number of aromatic nitrogens is 4. The van der Waals surface area contributed by atoms with E-state index in [9.17, 15) is 19.5 Å². The molecule has 6 N–H and O–H groups in total. The molecule has 4 atom stereocenters. The Balaban J connectivity index is 1.80. The standard InChI is InChI=1S/C32H45N7O5/c1-32(2,3)44-31(43)38-24(16-21-10-6-4-7-11-21)30(42)39(26(28(33)41)18-23-19-34-20-37-23)25(17-22-12-8-5-9-13-22)27(40)29-35-14-15-36-29/h4,6-7,10-11,14-15,19-20,22,24-27,40H,5,8-9,12-13,16-18H2,1-3H3,(H2,33,41)(H,34,37)(H,35,36)(H,38,43). The molecule has 0 aliphatic heterocycles. The lowest BCUT2D eigenvalue weighted by molar-refractivity contribution is -0.148. The number of hydrogen-bond acceptors (Lipinski definition) is 7. The molecule has 44 heavy (non-hydrogen) atoms. The van der Waals surface area contributed by atoms with E-state index in [1.165, 1.54) is 17.4 Å². The highest BCUT2D eigenvalue weighted by atomic mass is 16.6. The highest BCUT2D eigenvalue weighted by molar-refractivity contribution is 5.91. The number of aliphatic hydroxyl groups is 1. The number of carbonyl (C=O) groups is 3. The third-order valence-corrected chi connectivity index (χ3v) is 7.98. The van der Waals surface area contributed by atoms with Gasteiger partial charge < -0.3 is 35.8 Å². The third kappa shape index (κ3) is 9.15. The van der Waals surface area contributed by atoms with E-state index < -0.39 is 47.7 Å². The zero-order valence-electron chi connectivity index (χ0n) is 25.7. The van der Waals surface area contributed by atoms with Gasteiger partial charge >= 0.3 is 6.09 Å². The normalized spacial score (nSPS) is 16.8. The zero-order valence-corrected chi connectivity index (χ0v) is 25.7. The smallest absolute Gasteiger partial charge is 0.408 e. The molecule has 0 bridgehead atoms. The van der Waals surface area contributed by atoms with Crippen LogP contribution in [-0.2, 0) is 27.2 Å². The molecule has 1 saturated carbocycles. The SMILES string of the molecule is CC(C)(C)OC(=O)NC(Cc1ccccc1)C(=O)N(C(Cc1cnc[nH]1)C(N)=O)C(CC1CCCCC1)C(O)c1ncc[nH]1. The molecule has 238 valence electrons. The average molecular weight is 608 g/mol. The number of nitrogens with two attached hydrogens (primary N) is 1. The summed E-state index contributed by atoms with van der Waals surface area (Å²) >= 11 is 0. The van der Waals surface area contributed by atoms with Gasteiger partial charge in [0.05, 0.1) is 12.4 Å². The van der Waals surface area contributed by atoms with Crippen molar-refractivity contribution in [3.63, 3.8) is 0 Å². The molecule has 0 saturated heterocycles. The molecule has 12 nitrogen and oxygen atoms in total. The summed E-state index contributed by atoms with van der Waals surface area (Å²) in [4.78, 5) is 56.9. The van der Waals surface area contributed by atoms with Crippen molar-refractivity contribution in [2.75, 3.05) is 0 Å². The van der Waals surface area contributed by atoms with Crippen LogP contribution in [-0.4, -0.2) is 71.6 Å². The number of amides is 3. The molecule has 4 rings (SSSR count). The Hall–Kier alpha value is -4.19. The van der Waals surface area contributed by atoms with Gasteiger partial charge in [-0.15, -0.1) is 0 Å². The topological polar surface area (TPSA) is 179 Å². The number of carbonyl (C=O) groups excluding carboxylic acids is 3. The number of ether oxygens (including phenoxy) is 1. The lowest BCUT2D eigenvalue weighted by Crippen LogP contribution is -2.61. The molecule has 2 aromatic heterocycles. The van der Waals surface area contributed by atoms with Crippen LogP contribution in [0.4, 0.5) is 4.79 Å². The van der Waals surface area contributed by atoms with E-state index in [1.807, 2.05) is 30.3 Å². The van der Waals surface area contributed by atoms with E-state index in [2.05, 4.69) is 25.3 Å². The highest BCUT2D eigenvalue weighted by Gasteiger charge is 2.43. The lowest BCUT2D eigenvalue weighted by Gasteiger charge is -2.42. The molecule has 1 fully saturated rings. The van der Waals surface area contributed by atoms with Crippen LogP contribution in [0.1, 0.15) is 82.5 Å². The number of alkyl carbamates (subject to hydrolysis) is 1. The summed E-state index contributed by atoms with van der Waals surface area (Å²) in [6, 6.07) is 6.09. The second-order valence-corrected chi connectivity index (χ2v) is 12.6. The minimum absolute atomic E-state index is 0.0393. The van der Waals surface area contributed by atoms with Gasteiger partial charge in [0.15, 0.2) is 0 Å². The molecule has 1 aliphatic rings. The molecule has 2 heterocycles. The fourth-order valence-electron chi connectivity index (χ4n) is 5.95. The summed E-state index contributed by atoms with van der Waals surface area (Å²) in [6.45, 7) is 5.21. The van der Waals surface area contributed by atoms with Gasteiger partial charge in [-0.05, 0) is 38.7 Å². The van der Waals surface area contributed by atoms with Crippen molar-refractivity contribution in [1.82, 2.24) is 30.2 Å². The first-order chi connectivity index (χ1) is 21.0. The van der Waals surface area contributed by atoms with E-state index >= 15 is 0 Å². The number of aromatic amines is 2. The Morgan fingerprint density at radius 3 is 2.43 bits per heavy atom. The summed E-state index contributed by atoms with van der Waals surface area (Å²) in [6.07, 6.45) is 9.85. The molecule has 4 unspecified atom stereocenters. The van der Waals surface area contributed by atoms with Crippen molar-refractivity contribution in [3.05, 3.63) is 72.3 Å². The molecular formula is C32H45N7O5. The quantitative estimate of drug-likeness (QED) is 0.197. The van der Waals surface area contributed by atoms with Gasteiger partial charge in [-0.1, -0.05) is 62.4 Å². The first-order valence-corrected chi connectivity index (χ1v) is 15.3. The van der Waals surface area contributed by atoms with E-state index in [0.29, 0.717) is 12.1 Å². The number of H-pyrrole nitrogens is 2. The number of benzene rings is 1.